The van der Waals surface area contributed by atoms with Crippen LogP contribution in [0.3, 0.4) is 0 Å². The standard InChI is InChI=1S/C22H27FN4S.H2O/c1-14-17(18-4-8-24-13-21(18)28-14)7-11-27-9-5-15(6-10-27)22-19-3-2-16(23)12-20(19)25-26-22;/h2-3,12,15,24H,4-11,13H2,1H3,(H,25,26);1H2. The van der Waals surface area contributed by atoms with Crippen molar-refractivity contribution in [3.63, 3.8) is 0 Å². The summed E-state index contributed by atoms with van der Waals surface area (Å²) in [6, 6.07) is 4.92. The number of nitrogens with zero attached hydrogens (tertiary/aromatic N) is 2. The second-order valence-electron chi connectivity index (χ2n) is 8.13. The van der Waals surface area contributed by atoms with Crippen molar-refractivity contribution in [1.82, 2.24) is 20.4 Å². The van der Waals surface area contributed by atoms with E-state index in [9.17, 15) is 4.39 Å². The molecule has 0 bridgehead atoms. The highest BCUT2D eigenvalue weighted by molar-refractivity contribution is 7.12. The minimum absolute atomic E-state index is 0. The molecule has 4 N–H and O–H groups in total. The zero-order valence-electron chi connectivity index (χ0n) is 16.9. The van der Waals surface area contributed by atoms with Gasteiger partial charge in [0.05, 0.1) is 5.52 Å². The minimum atomic E-state index is -0.220. The van der Waals surface area contributed by atoms with Gasteiger partial charge in [0.1, 0.15) is 5.82 Å². The van der Waals surface area contributed by atoms with Crippen LogP contribution in [0.1, 0.15) is 45.3 Å². The van der Waals surface area contributed by atoms with E-state index >= 15 is 0 Å². The first kappa shape index (κ1) is 20.5. The van der Waals surface area contributed by atoms with Crippen LogP contribution in [0, 0.1) is 12.7 Å². The van der Waals surface area contributed by atoms with E-state index in [4.69, 9.17) is 0 Å². The van der Waals surface area contributed by atoms with Crippen LogP contribution in [0.25, 0.3) is 10.9 Å². The number of hydrogen-bond donors (Lipinski definition) is 2. The number of thiophene rings is 1. The minimum Gasteiger partial charge on any atom is -0.412 e. The van der Waals surface area contributed by atoms with Crippen molar-refractivity contribution in [2.75, 3.05) is 26.2 Å². The van der Waals surface area contributed by atoms with Crippen LogP contribution in [-0.2, 0) is 19.4 Å². The summed E-state index contributed by atoms with van der Waals surface area (Å²) in [4.78, 5) is 5.68. The van der Waals surface area contributed by atoms with Crippen molar-refractivity contribution in [3.8, 4) is 0 Å². The maximum absolute atomic E-state index is 13.4. The van der Waals surface area contributed by atoms with Gasteiger partial charge in [-0.1, -0.05) is 0 Å². The van der Waals surface area contributed by atoms with E-state index in [0.717, 1.165) is 56.5 Å². The quantitative estimate of drug-likeness (QED) is 0.685. The molecule has 3 aromatic rings. The molecule has 2 aliphatic heterocycles. The van der Waals surface area contributed by atoms with Gasteiger partial charge in [-0.25, -0.2) is 4.39 Å². The van der Waals surface area contributed by atoms with Gasteiger partial charge in [-0.2, -0.15) is 5.10 Å². The Morgan fingerprint density at radius 1 is 1.28 bits per heavy atom. The number of benzene rings is 1. The number of aryl methyl sites for hydroxylation is 1. The van der Waals surface area contributed by atoms with E-state index in [1.54, 1.807) is 16.0 Å². The molecular formula is C22H29FN4OS. The molecule has 1 fully saturated rings. The lowest BCUT2D eigenvalue weighted by atomic mass is 9.91. The molecule has 0 aliphatic carbocycles. The molecule has 2 aromatic heterocycles. The molecule has 0 amide bonds. The normalized spacial score (nSPS) is 18.0. The van der Waals surface area contributed by atoms with E-state index in [0.29, 0.717) is 5.92 Å². The molecule has 29 heavy (non-hydrogen) atoms. The highest BCUT2D eigenvalue weighted by Gasteiger charge is 2.25. The third-order valence-corrected chi connectivity index (χ3v) is 7.65. The van der Waals surface area contributed by atoms with Crippen molar-refractivity contribution in [1.29, 1.82) is 0 Å². The fraction of sp³-hybridized carbons (Fsp3) is 0.500. The lowest BCUT2D eigenvalue weighted by molar-refractivity contribution is 0.213. The van der Waals surface area contributed by atoms with Gasteiger partial charge >= 0.3 is 0 Å². The third-order valence-electron chi connectivity index (χ3n) is 6.46. The van der Waals surface area contributed by atoms with E-state index < -0.39 is 0 Å². The number of aromatic amines is 1. The van der Waals surface area contributed by atoms with Crippen molar-refractivity contribution in [2.45, 2.75) is 45.1 Å². The lowest BCUT2D eigenvalue weighted by Crippen LogP contribution is -2.34. The Hall–Kier alpha value is -1.80. The fourth-order valence-corrected chi connectivity index (χ4v) is 6.14. The van der Waals surface area contributed by atoms with Gasteiger partial charge in [0.25, 0.3) is 0 Å². The summed E-state index contributed by atoms with van der Waals surface area (Å²) in [6.07, 6.45) is 4.64. The van der Waals surface area contributed by atoms with Crippen LogP contribution < -0.4 is 5.32 Å². The summed E-state index contributed by atoms with van der Waals surface area (Å²) < 4.78 is 13.4. The molecule has 0 spiro atoms. The molecule has 5 rings (SSSR count). The number of H-pyrrole nitrogens is 1. The Morgan fingerprint density at radius 3 is 2.93 bits per heavy atom. The lowest BCUT2D eigenvalue weighted by Gasteiger charge is -2.31. The zero-order chi connectivity index (χ0) is 19.1. The number of likely N-dealkylation sites (tertiary alicyclic amines) is 1. The summed E-state index contributed by atoms with van der Waals surface area (Å²) in [5.74, 6) is 0.274. The Morgan fingerprint density at radius 2 is 2.10 bits per heavy atom. The summed E-state index contributed by atoms with van der Waals surface area (Å²) in [7, 11) is 0. The summed E-state index contributed by atoms with van der Waals surface area (Å²) in [5, 5.41) is 12.1. The van der Waals surface area contributed by atoms with Crippen molar-refractivity contribution < 1.29 is 9.87 Å². The number of aromatic nitrogens is 2. The van der Waals surface area contributed by atoms with Gasteiger partial charge in [-0.15, -0.1) is 11.3 Å². The Kier molecular flexibility index (Phi) is 6.01. The number of fused-ring (bicyclic) bond motifs is 2. The van der Waals surface area contributed by atoms with E-state index in [1.807, 2.05) is 17.4 Å². The molecular weight excluding hydrogens is 387 g/mol. The van der Waals surface area contributed by atoms with Crippen LogP contribution in [0.4, 0.5) is 4.39 Å². The summed E-state index contributed by atoms with van der Waals surface area (Å²) >= 11 is 1.99. The molecule has 0 radical (unpaired) electrons. The molecule has 5 nitrogen and oxygen atoms in total. The van der Waals surface area contributed by atoms with Gasteiger partial charge in [0.2, 0.25) is 0 Å². The molecule has 0 saturated carbocycles. The monoisotopic (exact) mass is 416 g/mol. The molecule has 0 unspecified atom stereocenters. The highest BCUT2D eigenvalue weighted by atomic mass is 32.1. The number of rotatable bonds is 4. The van der Waals surface area contributed by atoms with E-state index in [-0.39, 0.29) is 11.3 Å². The molecule has 0 atom stereocenters. The van der Waals surface area contributed by atoms with E-state index in [1.165, 1.54) is 35.5 Å². The fourth-order valence-electron chi connectivity index (χ4n) is 4.90. The van der Waals surface area contributed by atoms with Crippen LogP contribution in [0.5, 0.6) is 0 Å². The van der Waals surface area contributed by atoms with Gasteiger partial charge in [-0.05, 0) is 75.5 Å². The van der Waals surface area contributed by atoms with Crippen LogP contribution in [-0.4, -0.2) is 46.8 Å². The number of hydrogen-bond acceptors (Lipinski definition) is 4. The predicted molar refractivity (Wildman–Crippen MR) is 116 cm³/mol. The smallest absolute Gasteiger partial charge is 0.125 e. The number of piperidine rings is 1. The molecule has 2 aliphatic rings. The van der Waals surface area contributed by atoms with Gasteiger partial charge in [0.15, 0.2) is 0 Å². The predicted octanol–water partition coefficient (Wildman–Crippen LogP) is 3.32. The molecule has 1 aromatic carbocycles. The molecule has 1 saturated heterocycles. The van der Waals surface area contributed by atoms with Gasteiger partial charge in [-0.3, -0.25) is 5.10 Å². The highest BCUT2D eigenvalue weighted by Crippen LogP contribution is 2.33. The zero-order valence-corrected chi connectivity index (χ0v) is 17.7. The maximum Gasteiger partial charge on any atom is 0.125 e. The maximum atomic E-state index is 13.4. The Balaban J connectivity index is 0.00000205. The largest absolute Gasteiger partial charge is 0.412 e. The summed E-state index contributed by atoms with van der Waals surface area (Å²) in [6.45, 7) is 7.85. The van der Waals surface area contributed by atoms with E-state index in [2.05, 4.69) is 27.3 Å². The SMILES string of the molecule is Cc1sc2c(c1CCN1CCC(c3[nH]nc4cc(F)ccc34)CC1)CCNC2.O. The first-order valence-electron chi connectivity index (χ1n) is 10.4. The second kappa shape index (κ2) is 8.52. The summed E-state index contributed by atoms with van der Waals surface area (Å²) in [5.41, 5.74) is 5.17. The van der Waals surface area contributed by atoms with Crippen molar-refractivity contribution in [2.24, 2.45) is 0 Å². The van der Waals surface area contributed by atoms with Gasteiger partial charge in [0, 0.05) is 45.9 Å². The van der Waals surface area contributed by atoms with Crippen LogP contribution >= 0.6 is 11.3 Å². The first-order valence-corrected chi connectivity index (χ1v) is 11.2. The molecule has 156 valence electrons. The average Bonchev–Trinajstić information content (AvgIpc) is 3.26. The second-order valence-corrected chi connectivity index (χ2v) is 9.44. The van der Waals surface area contributed by atoms with Crippen molar-refractivity contribution in [3.05, 3.63) is 50.6 Å². The number of halogens is 1. The topological polar surface area (TPSA) is 75.5 Å². The van der Waals surface area contributed by atoms with Gasteiger partial charge < -0.3 is 15.7 Å². The average molecular weight is 417 g/mol. The Labute approximate surface area is 174 Å². The van der Waals surface area contributed by atoms with Crippen LogP contribution in [0.2, 0.25) is 0 Å². The van der Waals surface area contributed by atoms with Crippen LogP contribution in [0.15, 0.2) is 18.2 Å². The molecule has 4 heterocycles. The Bertz CT molecular complexity index is 990. The number of nitrogens with one attached hydrogen (secondary N) is 2. The van der Waals surface area contributed by atoms with Crippen molar-refractivity contribution >= 4 is 22.2 Å². The first-order chi connectivity index (χ1) is 13.7. The third kappa shape index (κ3) is 3.97. The molecule has 7 heteroatoms.